The Labute approximate surface area is 219 Å². The average Bonchev–Trinajstić information content (AvgIpc) is 3.25. The van der Waals surface area contributed by atoms with Gasteiger partial charge in [-0.25, -0.2) is 4.98 Å². The molecule has 0 saturated carbocycles. The summed E-state index contributed by atoms with van der Waals surface area (Å²) in [4.78, 5) is 11.9. The number of methoxy groups -OCH3 is 2. The molecule has 0 bridgehead atoms. The van der Waals surface area contributed by atoms with E-state index in [2.05, 4.69) is 53.2 Å². The molecule has 0 fully saturated rings. The highest BCUT2D eigenvalue weighted by molar-refractivity contribution is 5.85. The Kier molecular flexibility index (Phi) is 9.12. The van der Waals surface area contributed by atoms with Crippen LogP contribution in [0.15, 0.2) is 48.8 Å². The highest BCUT2D eigenvalue weighted by Gasteiger charge is 2.16. The fourth-order valence-electron chi connectivity index (χ4n) is 4.21. The molecule has 2 heterocycles. The fourth-order valence-corrected chi connectivity index (χ4v) is 4.21. The second-order valence-electron chi connectivity index (χ2n) is 8.74. The van der Waals surface area contributed by atoms with E-state index >= 15 is 0 Å². The van der Waals surface area contributed by atoms with Crippen molar-refractivity contribution in [2.24, 2.45) is 7.05 Å². The maximum Gasteiger partial charge on any atom is 0.124 e. The molecule has 9 heteroatoms. The SMILES string of the molecule is CCc1c(-c2cnc3ccc(N(CCNC(C)C)c4cc(OC)cc(OC)c4)cc3n2)cnn1C.Cl. The van der Waals surface area contributed by atoms with Gasteiger partial charge in [-0.1, -0.05) is 20.8 Å². The van der Waals surface area contributed by atoms with Gasteiger partial charge >= 0.3 is 0 Å². The van der Waals surface area contributed by atoms with Crippen molar-refractivity contribution in [2.45, 2.75) is 33.2 Å². The number of fused-ring (bicyclic) bond motifs is 1. The molecule has 2 aromatic heterocycles. The summed E-state index contributed by atoms with van der Waals surface area (Å²) in [7, 11) is 5.29. The van der Waals surface area contributed by atoms with E-state index in [4.69, 9.17) is 14.5 Å². The Morgan fingerprint density at radius 2 is 1.69 bits per heavy atom. The third-order valence-corrected chi connectivity index (χ3v) is 6.05. The Hall–Kier alpha value is -3.36. The van der Waals surface area contributed by atoms with E-state index < -0.39 is 0 Å². The molecule has 0 radical (unpaired) electrons. The Bertz CT molecular complexity index is 1280. The molecule has 36 heavy (non-hydrogen) atoms. The van der Waals surface area contributed by atoms with Gasteiger partial charge in [-0.3, -0.25) is 9.67 Å². The summed E-state index contributed by atoms with van der Waals surface area (Å²) < 4.78 is 13.0. The predicted molar refractivity (Wildman–Crippen MR) is 148 cm³/mol. The molecule has 0 aliphatic heterocycles. The first-order valence-corrected chi connectivity index (χ1v) is 12.0. The molecule has 0 aliphatic rings. The number of nitrogens with one attached hydrogen (secondary N) is 1. The number of ether oxygens (including phenoxy) is 2. The van der Waals surface area contributed by atoms with E-state index in [-0.39, 0.29) is 12.4 Å². The van der Waals surface area contributed by atoms with Crippen LogP contribution < -0.4 is 19.7 Å². The van der Waals surface area contributed by atoms with Crippen molar-refractivity contribution in [3.63, 3.8) is 0 Å². The second kappa shape index (κ2) is 12.1. The van der Waals surface area contributed by atoms with Crippen LogP contribution in [0.4, 0.5) is 11.4 Å². The molecule has 0 atom stereocenters. The van der Waals surface area contributed by atoms with Crippen LogP contribution in [0.25, 0.3) is 22.3 Å². The molecule has 4 rings (SSSR count). The van der Waals surface area contributed by atoms with Gasteiger partial charge in [-0.2, -0.15) is 5.10 Å². The van der Waals surface area contributed by atoms with E-state index in [1.165, 1.54) is 0 Å². The molecule has 1 N–H and O–H groups in total. The summed E-state index contributed by atoms with van der Waals surface area (Å²) >= 11 is 0. The number of hydrogen-bond acceptors (Lipinski definition) is 7. The van der Waals surface area contributed by atoms with Crippen molar-refractivity contribution >= 4 is 34.8 Å². The first-order chi connectivity index (χ1) is 16.9. The van der Waals surface area contributed by atoms with Gasteiger partial charge in [0.1, 0.15) is 11.5 Å². The van der Waals surface area contributed by atoms with Crippen LogP contribution >= 0.6 is 12.4 Å². The van der Waals surface area contributed by atoms with Gasteiger partial charge in [-0.15, -0.1) is 12.4 Å². The lowest BCUT2D eigenvalue weighted by atomic mass is 10.1. The first kappa shape index (κ1) is 27.2. The summed E-state index contributed by atoms with van der Waals surface area (Å²) in [6.45, 7) is 7.99. The number of anilines is 2. The molecule has 0 spiro atoms. The quantitative estimate of drug-likeness (QED) is 0.315. The zero-order valence-electron chi connectivity index (χ0n) is 21.8. The zero-order valence-corrected chi connectivity index (χ0v) is 22.6. The van der Waals surface area contributed by atoms with Gasteiger partial charge in [-0.05, 0) is 24.6 Å². The standard InChI is InChI=1S/C27H34N6O2.ClH/c1-7-27-23(16-30-32(27)4)26-17-29-24-9-8-19(14-25(24)31-26)33(11-10-28-18(2)3)20-12-21(34-5)15-22(13-20)35-6;/h8-9,12-18,28H,7,10-11H2,1-6H3;1H. The van der Waals surface area contributed by atoms with E-state index in [1.807, 2.05) is 48.4 Å². The Balaban J connectivity index is 0.00000361. The van der Waals surface area contributed by atoms with Gasteiger partial charge in [0, 0.05) is 67.0 Å². The van der Waals surface area contributed by atoms with Crippen LogP contribution in [0.3, 0.4) is 0 Å². The van der Waals surface area contributed by atoms with Crippen LogP contribution in [0, 0.1) is 0 Å². The van der Waals surface area contributed by atoms with E-state index in [0.717, 1.165) is 70.4 Å². The number of nitrogens with zero attached hydrogens (tertiary/aromatic N) is 5. The molecular weight excluding hydrogens is 476 g/mol. The number of hydrogen-bond donors (Lipinski definition) is 1. The minimum absolute atomic E-state index is 0. The average molecular weight is 511 g/mol. The molecule has 0 amide bonds. The first-order valence-electron chi connectivity index (χ1n) is 12.0. The van der Waals surface area contributed by atoms with Crippen LogP contribution in [-0.4, -0.2) is 53.1 Å². The van der Waals surface area contributed by atoms with Crippen molar-refractivity contribution in [1.82, 2.24) is 25.1 Å². The third-order valence-electron chi connectivity index (χ3n) is 6.05. The molecule has 0 aliphatic carbocycles. The Morgan fingerprint density at radius 1 is 0.972 bits per heavy atom. The fraction of sp³-hybridized carbons (Fsp3) is 0.370. The largest absolute Gasteiger partial charge is 0.497 e. The number of aromatic nitrogens is 4. The maximum atomic E-state index is 5.53. The molecular formula is C27H35ClN6O2. The number of rotatable bonds is 10. The minimum Gasteiger partial charge on any atom is -0.497 e. The van der Waals surface area contributed by atoms with Gasteiger partial charge < -0.3 is 19.7 Å². The predicted octanol–water partition coefficient (Wildman–Crippen LogP) is 5.17. The van der Waals surface area contributed by atoms with Crippen molar-refractivity contribution < 1.29 is 9.47 Å². The van der Waals surface area contributed by atoms with Crippen LogP contribution in [0.2, 0.25) is 0 Å². The molecule has 2 aromatic carbocycles. The summed E-state index contributed by atoms with van der Waals surface area (Å²) in [5, 5.41) is 7.93. The summed E-state index contributed by atoms with van der Waals surface area (Å²) in [6, 6.07) is 12.5. The topological polar surface area (TPSA) is 77.3 Å². The van der Waals surface area contributed by atoms with Crippen molar-refractivity contribution in [2.75, 3.05) is 32.2 Å². The lowest BCUT2D eigenvalue weighted by Crippen LogP contribution is -2.32. The van der Waals surface area contributed by atoms with Crippen molar-refractivity contribution in [1.29, 1.82) is 0 Å². The molecule has 0 unspecified atom stereocenters. The van der Waals surface area contributed by atoms with Gasteiger partial charge in [0.05, 0.1) is 43.3 Å². The normalized spacial score (nSPS) is 11.0. The van der Waals surface area contributed by atoms with Crippen molar-refractivity contribution in [3.8, 4) is 22.8 Å². The molecule has 4 aromatic rings. The van der Waals surface area contributed by atoms with Gasteiger partial charge in [0.2, 0.25) is 0 Å². The van der Waals surface area contributed by atoms with Gasteiger partial charge in [0.15, 0.2) is 0 Å². The second-order valence-corrected chi connectivity index (χ2v) is 8.74. The Morgan fingerprint density at radius 3 is 2.33 bits per heavy atom. The number of benzene rings is 2. The lowest BCUT2D eigenvalue weighted by molar-refractivity contribution is 0.394. The van der Waals surface area contributed by atoms with E-state index in [0.29, 0.717) is 6.04 Å². The van der Waals surface area contributed by atoms with Crippen LogP contribution in [0.1, 0.15) is 26.5 Å². The smallest absolute Gasteiger partial charge is 0.124 e. The van der Waals surface area contributed by atoms with Crippen molar-refractivity contribution in [3.05, 3.63) is 54.5 Å². The molecule has 8 nitrogen and oxygen atoms in total. The number of halogens is 1. The van der Waals surface area contributed by atoms with Gasteiger partial charge in [0.25, 0.3) is 0 Å². The minimum atomic E-state index is 0. The van der Waals surface area contributed by atoms with E-state index in [1.54, 1.807) is 14.2 Å². The van der Waals surface area contributed by atoms with E-state index in [9.17, 15) is 0 Å². The summed E-state index contributed by atoms with van der Waals surface area (Å²) in [6.07, 6.45) is 4.57. The highest BCUT2D eigenvalue weighted by Crippen LogP contribution is 2.34. The lowest BCUT2D eigenvalue weighted by Gasteiger charge is -2.27. The number of aryl methyl sites for hydroxylation is 1. The third kappa shape index (κ3) is 5.88. The van der Waals surface area contributed by atoms with Crippen LogP contribution in [0.5, 0.6) is 11.5 Å². The molecule has 0 saturated heterocycles. The maximum absolute atomic E-state index is 5.53. The summed E-state index contributed by atoms with van der Waals surface area (Å²) in [5.41, 5.74) is 6.67. The monoisotopic (exact) mass is 510 g/mol. The molecule has 192 valence electrons. The highest BCUT2D eigenvalue weighted by atomic mass is 35.5. The zero-order chi connectivity index (χ0) is 24.9. The van der Waals surface area contributed by atoms with Crippen LogP contribution in [-0.2, 0) is 13.5 Å². The summed E-state index contributed by atoms with van der Waals surface area (Å²) in [5.74, 6) is 1.49.